The van der Waals surface area contributed by atoms with E-state index in [1.807, 2.05) is 13.8 Å². The number of nitrogens with one attached hydrogen (secondary N) is 1. The van der Waals surface area contributed by atoms with Crippen molar-refractivity contribution in [1.29, 1.82) is 0 Å². The molecule has 78 valence electrons. The minimum Gasteiger partial charge on any atom is -0.408 e. The number of aromatic nitrogens is 2. The van der Waals surface area contributed by atoms with E-state index in [-0.39, 0.29) is 17.8 Å². The molecule has 0 atom stereocenters. The maximum atomic E-state index is 10.8. The van der Waals surface area contributed by atoms with Crippen molar-refractivity contribution in [3.63, 3.8) is 0 Å². The van der Waals surface area contributed by atoms with Crippen molar-refractivity contribution in [3.05, 3.63) is 5.89 Å². The normalized spacial score (nSPS) is 10.6. The number of amides is 1. The Hall–Kier alpha value is -1.10. The zero-order valence-corrected chi connectivity index (χ0v) is 8.84. The zero-order chi connectivity index (χ0) is 10.6. The molecule has 0 spiro atoms. The molecule has 0 radical (unpaired) electrons. The summed E-state index contributed by atoms with van der Waals surface area (Å²) in [4.78, 5) is 10.8. The monoisotopic (exact) mass is 217 g/mol. The molecular weight excluding hydrogens is 206 g/mol. The van der Waals surface area contributed by atoms with E-state index >= 15 is 0 Å². The Morgan fingerprint density at radius 3 is 2.86 bits per heavy atom. The van der Waals surface area contributed by atoms with E-state index in [2.05, 4.69) is 15.5 Å². The molecule has 0 saturated carbocycles. The molecule has 14 heavy (non-hydrogen) atoms. The summed E-state index contributed by atoms with van der Waals surface area (Å²) in [5, 5.41) is 9.79. The standard InChI is InChI=1S/C8H12ClN3O2/c1-5(2)3-7-11-12-8(14-7)10-6(13)4-9/h5H,3-4H2,1-2H3,(H,10,12,13). The van der Waals surface area contributed by atoms with Crippen LogP contribution in [0.2, 0.25) is 0 Å². The van der Waals surface area contributed by atoms with Crippen molar-refractivity contribution in [3.8, 4) is 0 Å². The Morgan fingerprint density at radius 2 is 2.29 bits per heavy atom. The molecule has 1 amide bonds. The predicted molar refractivity (Wildman–Crippen MR) is 52.2 cm³/mol. The van der Waals surface area contributed by atoms with Gasteiger partial charge in [0, 0.05) is 6.42 Å². The third kappa shape index (κ3) is 3.33. The van der Waals surface area contributed by atoms with Crippen LogP contribution in [-0.2, 0) is 11.2 Å². The molecule has 0 unspecified atom stereocenters. The van der Waals surface area contributed by atoms with Crippen molar-refractivity contribution in [2.75, 3.05) is 11.2 Å². The van der Waals surface area contributed by atoms with Gasteiger partial charge >= 0.3 is 6.01 Å². The third-order valence-corrected chi connectivity index (χ3v) is 1.66. The highest BCUT2D eigenvalue weighted by atomic mass is 35.5. The molecule has 0 aromatic carbocycles. The van der Waals surface area contributed by atoms with E-state index in [0.717, 1.165) is 0 Å². The highest BCUT2D eigenvalue weighted by Crippen LogP contribution is 2.09. The molecule has 1 rings (SSSR count). The lowest BCUT2D eigenvalue weighted by Gasteiger charge is -1.97. The largest absolute Gasteiger partial charge is 0.408 e. The Balaban J connectivity index is 2.55. The zero-order valence-electron chi connectivity index (χ0n) is 8.08. The minimum atomic E-state index is -0.355. The maximum Gasteiger partial charge on any atom is 0.322 e. The van der Waals surface area contributed by atoms with E-state index in [9.17, 15) is 4.79 Å². The number of carbonyl (C=O) groups is 1. The van der Waals surface area contributed by atoms with E-state index in [0.29, 0.717) is 18.2 Å². The lowest BCUT2D eigenvalue weighted by atomic mass is 10.1. The summed E-state index contributed by atoms with van der Waals surface area (Å²) in [5.74, 6) is 0.477. The number of rotatable bonds is 4. The Bertz CT molecular complexity index is 311. The highest BCUT2D eigenvalue weighted by molar-refractivity contribution is 6.28. The van der Waals surface area contributed by atoms with Gasteiger partial charge < -0.3 is 4.42 Å². The Morgan fingerprint density at radius 1 is 1.57 bits per heavy atom. The summed E-state index contributed by atoms with van der Waals surface area (Å²) in [6.07, 6.45) is 0.698. The van der Waals surface area contributed by atoms with Gasteiger partial charge in [-0.1, -0.05) is 18.9 Å². The molecule has 6 heteroatoms. The minimum absolute atomic E-state index is 0.103. The topological polar surface area (TPSA) is 68.0 Å². The fourth-order valence-corrected chi connectivity index (χ4v) is 0.955. The molecule has 1 aromatic heterocycles. The summed E-state index contributed by atoms with van der Waals surface area (Å²) in [6, 6.07) is 0.103. The number of carbonyl (C=O) groups excluding carboxylic acids is 1. The van der Waals surface area contributed by atoms with Crippen LogP contribution in [0.1, 0.15) is 19.7 Å². The molecule has 1 aromatic rings. The van der Waals surface area contributed by atoms with Crippen LogP contribution in [0.15, 0.2) is 4.42 Å². The Labute approximate surface area is 86.8 Å². The second-order valence-electron chi connectivity index (χ2n) is 3.28. The van der Waals surface area contributed by atoms with Gasteiger partial charge in [0.15, 0.2) is 0 Å². The number of hydrogen-bond donors (Lipinski definition) is 1. The first-order valence-electron chi connectivity index (χ1n) is 4.30. The van der Waals surface area contributed by atoms with Crippen molar-refractivity contribution in [2.24, 2.45) is 5.92 Å². The number of nitrogens with zero attached hydrogens (tertiary/aromatic N) is 2. The second kappa shape index (κ2) is 4.95. The van der Waals surface area contributed by atoms with Crippen molar-refractivity contribution >= 4 is 23.5 Å². The van der Waals surface area contributed by atoms with Crippen molar-refractivity contribution in [1.82, 2.24) is 10.2 Å². The van der Waals surface area contributed by atoms with Gasteiger partial charge in [0.05, 0.1) is 0 Å². The van der Waals surface area contributed by atoms with E-state index in [1.165, 1.54) is 0 Å². The van der Waals surface area contributed by atoms with Crippen LogP contribution < -0.4 is 5.32 Å². The molecule has 1 heterocycles. The van der Waals surface area contributed by atoms with Crippen LogP contribution in [0.4, 0.5) is 6.01 Å². The number of alkyl halides is 1. The lowest BCUT2D eigenvalue weighted by Crippen LogP contribution is -2.12. The number of halogens is 1. The van der Waals surface area contributed by atoms with Crippen molar-refractivity contribution in [2.45, 2.75) is 20.3 Å². The van der Waals surface area contributed by atoms with Gasteiger partial charge in [-0.05, 0) is 5.92 Å². The third-order valence-electron chi connectivity index (χ3n) is 1.42. The molecule has 0 fully saturated rings. The summed E-state index contributed by atoms with van der Waals surface area (Å²) >= 11 is 5.29. The first-order valence-corrected chi connectivity index (χ1v) is 4.83. The SMILES string of the molecule is CC(C)Cc1nnc(NC(=O)CCl)o1. The summed E-state index contributed by atoms with van der Waals surface area (Å²) in [5.41, 5.74) is 0. The van der Waals surface area contributed by atoms with E-state index < -0.39 is 0 Å². The summed E-state index contributed by atoms with van der Waals surface area (Å²) in [7, 11) is 0. The second-order valence-corrected chi connectivity index (χ2v) is 3.55. The number of hydrogen-bond acceptors (Lipinski definition) is 4. The van der Waals surface area contributed by atoms with Gasteiger partial charge in [0.25, 0.3) is 0 Å². The van der Waals surface area contributed by atoms with Crippen molar-refractivity contribution < 1.29 is 9.21 Å². The molecular formula is C8H12ClN3O2. The fraction of sp³-hybridized carbons (Fsp3) is 0.625. The van der Waals surface area contributed by atoms with Crippen LogP contribution in [0, 0.1) is 5.92 Å². The molecule has 5 nitrogen and oxygen atoms in total. The molecule has 1 N–H and O–H groups in total. The number of anilines is 1. The van der Waals surface area contributed by atoms with Gasteiger partial charge in [-0.25, -0.2) is 0 Å². The maximum absolute atomic E-state index is 10.8. The average Bonchev–Trinajstić information content (AvgIpc) is 2.51. The molecule has 0 bridgehead atoms. The quantitative estimate of drug-likeness (QED) is 0.775. The molecule has 0 aliphatic heterocycles. The highest BCUT2D eigenvalue weighted by Gasteiger charge is 2.09. The van der Waals surface area contributed by atoms with Gasteiger partial charge in [-0.3, -0.25) is 10.1 Å². The van der Waals surface area contributed by atoms with Crippen LogP contribution in [0.25, 0.3) is 0 Å². The first kappa shape index (κ1) is 11.0. The predicted octanol–water partition coefficient (Wildman–Crippen LogP) is 1.45. The Kier molecular flexibility index (Phi) is 3.88. The van der Waals surface area contributed by atoms with Gasteiger partial charge in [0.2, 0.25) is 11.8 Å². The van der Waals surface area contributed by atoms with Crippen LogP contribution in [0.3, 0.4) is 0 Å². The van der Waals surface area contributed by atoms with Crippen LogP contribution in [0.5, 0.6) is 0 Å². The summed E-state index contributed by atoms with van der Waals surface area (Å²) < 4.78 is 5.15. The summed E-state index contributed by atoms with van der Waals surface area (Å²) in [6.45, 7) is 4.09. The molecule has 0 aliphatic carbocycles. The smallest absolute Gasteiger partial charge is 0.322 e. The van der Waals surface area contributed by atoms with Gasteiger partial charge in [-0.2, -0.15) is 0 Å². The lowest BCUT2D eigenvalue weighted by molar-refractivity contribution is -0.114. The van der Waals surface area contributed by atoms with Gasteiger partial charge in [0.1, 0.15) is 5.88 Å². The molecule has 0 aliphatic rings. The van der Waals surface area contributed by atoms with Crippen LogP contribution >= 0.6 is 11.6 Å². The van der Waals surface area contributed by atoms with Gasteiger partial charge in [-0.15, -0.1) is 16.7 Å². The average molecular weight is 218 g/mol. The fourth-order valence-electron chi connectivity index (χ4n) is 0.889. The first-order chi connectivity index (χ1) is 6.61. The van der Waals surface area contributed by atoms with E-state index in [4.69, 9.17) is 16.0 Å². The molecule has 0 saturated heterocycles. The van der Waals surface area contributed by atoms with E-state index in [1.54, 1.807) is 0 Å². The van der Waals surface area contributed by atoms with Crippen LogP contribution in [-0.4, -0.2) is 22.0 Å².